The maximum atomic E-state index is 14.1. The lowest BCUT2D eigenvalue weighted by atomic mass is 9.94. The number of ether oxygens (including phenoxy) is 1. The largest absolute Gasteiger partial charge is 0.496 e. The number of hydrogen-bond donors (Lipinski definition) is 0. The standard InChI is InChI=1S/C27H29FN2O3/c1-18(15-27(31)30-13-11-29(12-14-30)23-9-5-4-8-22(23)28)20-16-21-19-7-3-6-10-24(19)33-26(21)17-25(20)32-2/h4-5,8-9,15-17H,3,6-7,10-14H2,1-2H3/b18-15+. The molecule has 33 heavy (non-hydrogen) atoms. The molecule has 0 saturated carbocycles. The number of allylic oxidation sites excluding steroid dienone is 1. The number of methoxy groups -OCH3 is 1. The van der Waals surface area contributed by atoms with E-state index in [9.17, 15) is 9.18 Å². The van der Waals surface area contributed by atoms with Crippen molar-refractivity contribution in [2.75, 3.05) is 38.2 Å². The summed E-state index contributed by atoms with van der Waals surface area (Å²) in [6.45, 7) is 4.28. The van der Waals surface area contributed by atoms with Gasteiger partial charge in [-0.1, -0.05) is 12.1 Å². The van der Waals surface area contributed by atoms with Gasteiger partial charge in [0.1, 0.15) is 22.9 Å². The number of anilines is 1. The van der Waals surface area contributed by atoms with Gasteiger partial charge in [0.2, 0.25) is 5.91 Å². The first-order valence-corrected chi connectivity index (χ1v) is 11.6. The van der Waals surface area contributed by atoms with E-state index in [1.54, 1.807) is 25.3 Å². The summed E-state index contributed by atoms with van der Waals surface area (Å²) >= 11 is 0. The van der Waals surface area contributed by atoms with Gasteiger partial charge in [-0.05, 0) is 50.0 Å². The van der Waals surface area contributed by atoms with Crippen LogP contribution in [0.3, 0.4) is 0 Å². The first kappa shape index (κ1) is 21.6. The Kier molecular flexibility index (Phi) is 5.83. The lowest BCUT2D eigenvalue weighted by Crippen LogP contribution is -2.48. The highest BCUT2D eigenvalue weighted by atomic mass is 19.1. The van der Waals surface area contributed by atoms with Crippen molar-refractivity contribution < 1.29 is 18.3 Å². The van der Waals surface area contributed by atoms with E-state index in [0.29, 0.717) is 37.6 Å². The average Bonchev–Trinajstić information content (AvgIpc) is 3.21. The summed E-state index contributed by atoms with van der Waals surface area (Å²) in [6, 6.07) is 10.8. The lowest BCUT2D eigenvalue weighted by molar-refractivity contribution is -0.126. The van der Waals surface area contributed by atoms with Crippen molar-refractivity contribution >= 4 is 28.1 Å². The van der Waals surface area contributed by atoms with Crippen molar-refractivity contribution in [2.24, 2.45) is 0 Å². The van der Waals surface area contributed by atoms with Gasteiger partial charge >= 0.3 is 0 Å². The molecule has 5 nitrogen and oxygen atoms in total. The Hall–Kier alpha value is -3.28. The number of halogens is 1. The molecule has 0 spiro atoms. The van der Waals surface area contributed by atoms with E-state index in [2.05, 4.69) is 6.07 Å². The number of benzene rings is 2. The number of hydrogen-bond acceptors (Lipinski definition) is 4. The normalized spacial score (nSPS) is 16.8. The Balaban J connectivity index is 1.35. The molecule has 0 atom stereocenters. The fraction of sp³-hybridized carbons (Fsp3) is 0.370. The number of para-hydroxylation sites is 1. The van der Waals surface area contributed by atoms with E-state index < -0.39 is 0 Å². The third-order valence-electron chi connectivity index (χ3n) is 6.83. The van der Waals surface area contributed by atoms with Crippen LogP contribution in [0.5, 0.6) is 5.75 Å². The van der Waals surface area contributed by atoms with Crippen LogP contribution in [0.4, 0.5) is 10.1 Å². The molecule has 3 aromatic rings. The van der Waals surface area contributed by atoms with Gasteiger partial charge in [0.05, 0.1) is 12.8 Å². The summed E-state index contributed by atoms with van der Waals surface area (Å²) in [6.07, 6.45) is 6.04. The van der Waals surface area contributed by atoms with Crippen LogP contribution < -0.4 is 9.64 Å². The highest BCUT2D eigenvalue weighted by Gasteiger charge is 2.23. The Labute approximate surface area is 193 Å². The van der Waals surface area contributed by atoms with Crippen LogP contribution >= 0.6 is 0 Å². The Morgan fingerprint density at radius 1 is 1.09 bits per heavy atom. The molecule has 1 aromatic heterocycles. The molecule has 0 unspecified atom stereocenters. The highest BCUT2D eigenvalue weighted by molar-refractivity contribution is 5.97. The Morgan fingerprint density at radius 2 is 1.85 bits per heavy atom. The van der Waals surface area contributed by atoms with Crippen molar-refractivity contribution in [3.63, 3.8) is 0 Å². The average molecular weight is 449 g/mol. The number of fused-ring (bicyclic) bond motifs is 3. The Morgan fingerprint density at radius 3 is 2.61 bits per heavy atom. The fourth-order valence-corrected chi connectivity index (χ4v) is 5.00. The monoisotopic (exact) mass is 448 g/mol. The van der Waals surface area contributed by atoms with Crippen LogP contribution in [0.1, 0.15) is 36.7 Å². The molecule has 0 N–H and O–H groups in total. The van der Waals surface area contributed by atoms with E-state index in [1.807, 2.05) is 28.9 Å². The smallest absolute Gasteiger partial charge is 0.246 e. The number of furan rings is 1. The molecule has 5 rings (SSSR count). The molecule has 0 bridgehead atoms. The summed E-state index contributed by atoms with van der Waals surface area (Å²) in [5.74, 6) is 1.54. The van der Waals surface area contributed by atoms with Gasteiger partial charge in [0, 0.05) is 61.3 Å². The first-order valence-electron chi connectivity index (χ1n) is 11.6. The van der Waals surface area contributed by atoms with Crippen molar-refractivity contribution in [2.45, 2.75) is 32.6 Å². The number of nitrogens with zero attached hydrogens (tertiary/aromatic N) is 2. The minimum atomic E-state index is -0.225. The van der Waals surface area contributed by atoms with E-state index in [4.69, 9.17) is 9.15 Å². The minimum absolute atomic E-state index is 0.0305. The third kappa shape index (κ3) is 4.10. The molecule has 6 heteroatoms. The molecule has 0 radical (unpaired) electrons. The molecular weight excluding hydrogens is 419 g/mol. The molecule has 172 valence electrons. The van der Waals surface area contributed by atoms with Gasteiger partial charge in [-0.25, -0.2) is 4.39 Å². The van der Waals surface area contributed by atoms with Crippen LogP contribution in [0.2, 0.25) is 0 Å². The van der Waals surface area contributed by atoms with Gasteiger partial charge in [-0.2, -0.15) is 0 Å². The maximum absolute atomic E-state index is 14.1. The van der Waals surface area contributed by atoms with Crippen molar-refractivity contribution in [1.82, 2.24) is 4.90 Å². The summed E-state index contributed by atoms with van der Waals surface area (Å²) in [4.78, 5) is 16.9. The zero-order valence-electron chi connectivity index (χ0n) is 19.2. The van der Waals surface area contributed by atoms with Gasteiger partial charge < -0.3 is 19.0 Å². The van der Waals surface area contributed by atoms with Crippen LogP contribution in [-0.4, -0.2) is 44.1 Å². The summed E-state index contributed by atoms with van der Waals surface area (Å²) in [7, 11) is 1.64. The topological polar surface area (TPSA) is 45.9 Å². The van der Waals surface area contributed by atoms with Gasteiger partial charge in [-0.3, -0.25) is 4.79 Å². The number of carbonyl (C=O) groups is 1. The van der Waals surface area contributed by atoms with Gasteiger partial charge in [0.15, 0.2) is 0 Å². The molecule has 1 saturated heterocycles. The summed E-state index contributed by atoms with van der Waals surface area (Å²) in [5.41, 5.74) is 4.52. The molecule has 1 aliphatic heterocycles. The number of rotatable bonds is 4. The quantitative estimate of drug-likeness (QED) is 0.514. The third-order valence-corrected chi connectivity index (χ3v) is 6.83. The van der Waals surface area contributed by atoms with Gasteiger partial charge in [-0.15, -0.1) is 0 Å². The van der Waals surface area contributed by atoms with E-state index >= 15 is 0 Å². The van der Waals surface area contributed by atoms with Crippen LogP contribution in [0.25, 0.3) is 16.5 Å². The second kappa shape index (κ2) is 8.93. The van der Waals surface area contributed by atoms with E-state index in [1.165, 1.54) is 18.1 Å². The number of aryl methyl sites for hydroxylation is 2. The maximum Gasteiger partial charge on any atom is 0.246 e. The van der Waals surface area contributed by atoms with Crippen LogP contribution in [-0.2, 0) is 17.6 Å². The first-order chi connectivity index (χ1) is 16.0. The SMILES string of the molecule is COc1cc2oc3c(c2cc1/C(C)=C/C(=O)N1CCN(c2ccccc2F)CC1)CCCC3. The minimum Gasteiger partial charge on any atom is -0.496 e. The van der Waals surface area contributed by atoms with Crippen molar-refractivity contribution in [3.05, 3.63) is 65.2 Å². The predicted octanol–water partition coefficient (Wildman–Crippen LogP) is 5.21. The van der Waals surface area contributed by atoms with Crippen molar-refractivity contribution in [3.8, 4) is 5.75 Å². The number of amides is 1. The second-order valence-corrected chi connectivity index (χ2v) is 8.85. The summed E-state index contributed by atoms with van der Waals surface area (Å²) < 4.78 is 25.8. The summed E-state index contributed by atoms with van der Waals surface area (Å²) in [5, 5.41) is 1.12. The molecule has 2 aromatic carbocycles. The molecule has 2 heterocycles. The highest BCUT2D eigenvalue weighted by Crippen LogP contribution is 2.38. The zero-order chi connectivity index (χ0) is 22.9. The fourth-order valence-electron chi connectivity index (χ4n) is 5.00. The van der Waals surface area contributed by atoms with Crippen molar-refractivity contribution in [1.29, 1.82) is 0 Å². The predicted molar refractivity (Wildman–Crippen MR) is 128 cm³/mol. The number of carbonyl (C=O) groups excluding carboxylic acids is 1. The molecular formula is C27H29FN2O3. The molecule has 2 aliphatic rings. The van der Waals surface area contributed by atoms with Crippen LogP contribution in [0.15, 0.2) is 46.9 Å². The second-order valence-electron chi connectivity index (χ2n) is 8.85. The van der Waals surface area contributed by atoms with E-state index in [0.717, 1.165) is 47.1 Å². The lowest BCUT2D eigenvalue weighted by Gasteiger charge is -2.35. The zero-order valence-corrected chi connectivity index (χ0v) is 19.2. The molecule has 1 aliphatic carbocycles. The molecule has 1 amide bonds. The number of piperazine rings is 1. The molecule has 1 fully saturated rings. The Bertz CT molecular complexity index is 1220. The van der Waals surface area contributed by atoms with E-state index in [-0.39, 0.29) is 11.7 Å². The van der Waals surface area contributed by atoms with Gasteiger partial charge in [0.25, 0.3) is 0 Å². The van der Waals surface area contributed by atoms with Crippen LogP contribution in [0, 0.1) is 5.82 Å².